The molecule has 2 N–H and O–H groups in total. The molecule has 0 atom stereocenters. The number of hydrogen-bond acceptors (Lipinski definition) is 3. The minimum Gasteiger partial charge on any atom is -0.497 e. The SMILES string of the molecule is COc1cccc(-c2cc(CN)nn2Cc2ccccc2)c1. The first-order chi connectivity index (χ1) is 10.8. The zero-order valence-electron chi connectivity index (χ0n) is 12.6. The van der Waals surface area contributed by atoms with E-state index in [1.165, 1.54) is 5.56 Å². The van der Waals surface area contributed by atoms with Gasteiger partial charge < -0.3 is 10.5 Å². The lowest BCUT2D eigenvalue weighted by molar-refractivity contribution is 0.415. The Hall–Kier alpha value is -2.59. The summed E-state index contributed by atoms with van der Waals surface area (Å²) in [6, 6.07) is 20.3. The molecule has 22 heavy (non-hydrogen) atoms. The van der Waals surface area contributed by atoms with Crippen LogP contribution in [0, 0.1) is 0 Å². The van der Waals surface area contributed by atoms with E-state index >= 15 is 0 Å². The van der Waals surface area contributed by atoms with Gasteiger partial charge in [0.25, 0.3) is 0 Å². The maximum Gasteiger partial charge on any atom is 0.119 e. The van der Waals surface area contributed by atoms with E-state index < -0.39 is 0 Å². The molecule has 0 aliphatic carbocycles. The Morgan fingerprint density at radius 2 is 1.86 bits per heavy atom. The molecular weight excluding hydrogens is 274 g/mol. The topological polar surface area (TPSA) is 53.1 Å². The van der Waals surface area contributed by atoms with Crippen molar-refractivity contribution in [3.8, 4) is 17.0 Å². The third kappa shape index (κ3) is 3.02. The monoisotopic (exact) mass is 293 g/mol. The number of methoxy groups -OCH3 is 1. The highest BCUT2D eigenvalue weighted by atomic mass is 16.5. The first-order valence-corrected chi connectivity index (χ1v) is 7.25. The summed E-state index contributed by atoms with van der Waals surface area (Å²) in [5, 5.41) is 4.61. The van der Waals surface area contributed by atoms with Gasteiger partial charge in [0.15, 0.2) is 0 Å². The zero-order chi connectivity index (χ0) is 15.4. The standard InChI is InChI=1S/C18H19N3O/c1-22-17-9-5-8-15(10-17)18-11-16(12-19)20-21(18)13-14-6-3-2-4-7-14/h2-11H,12-13,19H2,1H3. The summed E-state index contributed by atoms with van der Waals surface area (Å²) < 4.78 is 7.31. The van der Waals surface area contributed by atoms with Crippen LogP contribution in [0.3, 0.4) is 0 Å². The lowest BCUT2D eigenvalue weighted by Crippen LogP contribution is -2.05. The molecule has 3 rings (SSSR count). The van der Waals surface area contributed by atoms with Gasteiger partial charge in [-0.2, -0.15) is 5.10 Å². The number of nitrogens with zero attached hydrogens (tertiary/aromatic N) is 2. The van der Waals surface area contributed by atoms with E-state index in [-0.39, 0.29) is 0 Å². The van der Waals surface area contributed by atoms with Crippen molar-refractivity contribution >= 4 is 0 Å². The number of hydrogen-bond donors (Lipinski definition) is 1. The Morgan fingerprint density at radius 1 is 1.05 bits per heavy atom. The fraction of sp³-hybridized carbons (Fsp3) is 0.167. The van der Waals surface area contributed by atoms with Crippen LogP contribution in [0.4, 0.5) is 0 Å². The first kappa shape index (κ1) is 14.4. The summed E-state index contributed by atoms with van der Waals surface area (Å²) in [7, 11) is 1.67. The van der Waals surface area contributed by atoms with Gasteiger partial charge in [0.05, 0.1) is 25.0 Å². The van der Waals surface area contributed by atoms with Crippen molar-refractivity contribution in [2.45, 2.75) is 13.1 Å². The predicted molar refractivity (Wildman–Crippen MR) is 87.7 cm³/mol. The summed E-state index contributed by atoms with van der Waals surface area (Å²) >= 11 is 0. The summed E-state index contributed by atoms with van der Waals surface area (Å²) in [6.45, 7) is 1.14. The molecule has 112 valence electrons. The Labute approximate surface area is 130 Å². The molecule has 0 saturated heterocycles. The number of benzene rings is 2. The molecule has 0 radical (unpaired) electrons. The highest BCUT2D eigenvalue weighted by molar-refractivity contribution is 5.62. The molecule has 1 heterocycles. The molecule has 0 saturated carbocycles. The minimum atomic E-state index is 0.429. The Balaban J connectivity index is 2.01. The molecule has 0 unspecified atom stereocenters. The second kappa shape index (κ2) is 6.45. The highest BCUT2D eigenvalue weighted by Gasteiger charge is 2.10. The van der Waals surface area contributed by atoms with E-state index in [9.17, 15) is 0 Å². The van der Waals surface area contributed by atoms with Crippen molar-refractivity contribution in [1.82, 2.24) is 9.78 Å². The van der Waals surface area contributed by atoms with Crippen molar-refractivity contribution in [2.24, 2.45) is 5.73 Å². The highest BCUT2D eigenvalue weighted by Crippen LogP contribution is 2.25. The molecule has 0 aliphatic rings. The number of nitrogens with two attached hydrogens (primary N) is 1. The van der Waals surface area contributed by atoms with E-state index in [4.69, 9.17) is 10.5 Å². The smallest absolute Gasteiger partial charge is 0.119 e. The lowest BCUT2D eigenvalue weighted by atomic mass is 10.1. The average Bonchev–Trinajstić information content (AvgIpc) is 2.99. The van der Waals surface area contributed by atoms with Crippen LogP contribution in [-0.2, 0) is 13.1 Å². The molecule has 0 aliphatic heterocycles. The number of rotatable bonds is 5. The van der Waals surface area contributed by atoms with E-state index in [1.54, 1.807) is 7.11 Å². The van der Waals surface area contributed by atoms with Crippen LogP contribution in [0.5, 0.6) is 5.75 Å². The molecule has 4 heteroatoms. The van der Waals surface area contributed by atoms with E-state index in [2.05, 4.69) is 23.3 Å². The van der Waals surface area contributed by atoms with Crippen molar-refractivity contribution < 1.29 is 4.74 Å². The number of aromatic nitrogens is 2. The summed E-state index contributed by atoms with van der Waals surface area (Å²) in [4.78, 5) is 0. The maximum atomic E-state index is 5.76. The van der Waals surface area contributed by atoms with Gasteiger partial charge in [0.2, 0.25) is 0 Å². The van der Waals surface area contributed by atoms with E-state index in [1.807, 2.05) is 47.1 Å². The molecule has 1 aromatic heterocycles. The predicted octanol–water partition coefficient (Wildman–Crippen LogP) is 3.07. The normalized spacial score (nSPS) is 10.6. The van der Waals surface area contributed by atoms with Gasteiger partial charge >= 0.3 is 0 Å². The maximum absolute atomic E-state index is 5.76. The van der Waals surface area contributed by atoms with Crippen LogP contribution in [0.15, 0.2) is 60.7 Å². The van der Waals surface area contributed by atoms with E-state index in [0.717, 1.165) is 22.7 Å². The van der Waals surface area contributed by atoms with Crippen molar-refractivity contribution in [3.63, 3.8) is 0 Å². The average molecular weight is 293 g/mol. The molecule has 2 aromatic carbocycles. The molecule has 0 spiro atoms. The van der Waals surface area contributed by atoms with E-state index in [0.29, 0.717) is 13.1 Å². The van der Waals surface area contributed by atoms with Gasteiger partial charge in [-0.05, 0) is 23.8 Å². The van der Waals surface area contributed by atoms with Crippen molar-refractivity contribution in [3.05, 3.63) is 71.9 Å². The van der Waals surface area contributed by atoms with Crippen LogP contribution >= 0.6 is 0 Å². The fourth-order valence-electron chi connectivity index (χ4n) is 2.46. The summed E-state index contributed by atoms with van der Waals surface area (Å²) in [5.74, 6) is 0.833. The van der Waals surface area contributed by atoms with Crippen LogP contribution in [0.2, 0.25) is 0 Å². The second-order valence-electron chi connectivity index (χ2n) is 5.10. The van der Waals surface area contributed by atoms with Crippen molar-refractivity contribution in [2.75, 3.05) is 7.11 Å². The second-order valence-corrected chi connectivity index (χ2v) is 5.10. The van der Waals surface area contributed by atoms with Gasteiger partial charge in [-0.3, -0.25) is 4.68 Å². The summed E-state index contributed by atoms with van der Waals surface area (Å²) in [6.07, 6.45) is 0. The third-order valence-corrected chi connectivity index (χ3v) is 3.58. The van der Waals surface area contributed by atoms with Crippen LogP contribution in [0.1, 0.15) is 11.3 Å². The quantitative estimate of drug-likeness (QED) is 0.786. The Kier molecular flexibility index (Phi) is 4.21. The molecular formula is C18H19N3O. The van der Waals surface area contributed by atoms with Gasteiger partial charge in [-0.25, -0.2) is 0 Å². The van der Waals surface area contributed by atoms with Gasteiger partial charge in [0.1, 0.15) is 5.75 Å². The van der Waals surface area contributed by atoms with Gasteiger partial charge in [-0.1, -0.05) is 42.5 Å². The van der Waals surface area contributed by atoms with Gasteiger partial charge in [0, 0.05) is 12.1 Å². The van der Waals surface area contributed by atoms with Gasteiger partial charge in [-0.15, -0.1) is 0 Å². The van der Waals surface area contributed by atoms with Crippen LogP contribution in [0.25, 0.3) is 11.3 Å². The summed E-state index contributed by atoms with van der Waals surface area (Å²) in [5.41, 5.74) is 9.97. The van der Waals surface area contributed by atoms with Crippen LogP contribution < -0.4 is 10.5 Å². The first-order valence-electron chi connectivity index (χ1n) is 7.25. The molecule has 0 amide bonds. The Morgan fingerprint density at radius 3 is 2.59 bits per heavy atom. The minimum absolute atomic E-state index is 0.429. The lowest BCUT2D eigenvalue weighted by Gasteiger charge is -2.09. The largest absolute Gasteiger partial charge is 0.497 e. The fourth-order valence-corrected chi connectivity index (χ4v) is 2.46. The third-order valence-electron chi connectivity index (χ3n) is 3.58. The van der Waals surface area contributed by atoms with Crippen molar-refractivity contribution in [1.29, 1.82) is 0 Å². The molecule has 0 fully saturated rings. The zero-order valence-corrected chi connectivity index (χ0v) is 12.6. The number of ether oxygens (including phenoxy) is 1. The molecule has 0 bridgehead atoms. The Bertz CT molecular complexity index is 750. The molecule has 3 aromatic rings. The molecule has 4 nitrogen and oxygen atoms in total. The van der Waals surface area contributed by atoms with Crippen LogP contribution in [-0.4, -0.2) is 16.9 Å².